The molecule has 2 N–H and O–H groups in total. The molecule has 7 nitrogen and oxygen atoms in total. The smallest absolute Gasteiger partial charge is 0.271 e. The fourth-order valence-electron chi connectivity index (χ4n) is 2.02. The number of morpholine rings is 1. The standard InChI is InChI=1S/C11H12N4O3/c16-15(17)7-1-2-8-9(5-7)14-11(13-8)10-6-12-3-4-18-10/h1-2,5,10,12H,3-4,6H2,(H,13,14). The number of nitrogens with one attached hydrogen (secondary N) is 2. The predicted octanol–water partition coefficient (Wildman–Crippen LogP) is 1.13. The topological polar surface area (TPSA) is 93.1 Å². The van der Waals surface area contributed by atoms with Crippen LogP contribution in [0.3, 0.4) is 0 Å². The quantitative estimate of drug-likeness (QED) is 0.614. The van der Waals surface area contributed by atoms with Gasteiger partial charge in [-0.05, 0) is 6.07 Å². The number of hydrogen-bond donors (Lipinski definition) is 2. The van der Waals surface area contributed by atoms with E-state index in [1.165, 1.54) is 12.1 Å². The van der Waals surface area contributed by atoms with E-state index in [4.69, 9.17) is 4.74 Å². The van der Waals surface area contributed by atoms with E-state index >= 15 is 0 Å². The van der Waals surface area contributed by atoms with E-state index in [1.807, 2.05) is 0 Å². The summed E-state index contributed by atoms with van der Waals surface area (Å²) in [5.41, 5.74) is 1.43. The van der Waals surface area contributed by atoms with Crippen molar-refractivity contribution < 1.29 is 9.66 Å². The summed E-state index contributed by atoms with van der Waals surface area (Å²) in [6.07, 6.45) is -0.120. The third-order valence-electron chi connectivity index (χ3n) is 2.93. The Morgan fingerprint density at radius 2 is 2.39 bits per heavy atom. The number of H-pyrrole nitrogens is 1. The van der Waals surface area contributed by atoms with Crippen molar-refractivity contribution in [1.82, 2.24) is 15.3 Å². The SMILES string of the molecule is O=[N+]([O-])c1ccc2nc(C3CNCCO3)[nH]c2c1. The molecule has 0 radical (unpaired) electrons. The summed E-state index contributed by atoms with van der Waals surface area (Å²) in [5.74, 6) is 0.706. The number of non-ortho nitro benzene ring substituents is 1. The van der Waals surface area contributed by atoms with E-state index in [9.17, 15) is 10.1 Å². The Labute approximate surface area is 102 Å². The van der Waals surface area contributed by atoms with Crippen molar-refractivity contribution in [2.24, 2.45) is 0 Å². The van der Waals surface area contributed by atoms with Crippen molar-refractivity contribution in [1.29, 1.82) is 0 Å². The van der Waals surface area contributed by atoms with Gasteiger partial charge in [-0.2, -0.15) is 0 Å². The Balaban J connectivity index is 1.97. The number of rotatable bonds is 2. The lowest BCUT2D eigenvalue weighted by Gasteiger charge is -2.21. The molecule has 1 aromatic carbocycles. The third-order valence-corrected chi connectivity index (χ3v) is 2.93. The van der Waals surface area contributed by atoms with Gasteiger partial charge in [-0.3, -0.25) is 10.1 Å². The molecule has 1 atom stereocenters. The monoisotopic (exact) mass is 248 g/mol. The van der Waals surface area contributed by atoms with Gasteiger partial charge in [-0.15, -0.1) is 0 Å². The lowest BCUT2D eigenvalue weighted by atomic mass is 10.3. The minimum atomic E-state index is -0.418. The number of nitrogens with zero attached hydrogens (tertiary/aromatic N) is 2. The molecular weight excluding hydrogens is 236 g/mol. The van der Waals surface area contributed by atoms with Crippen LogP contribution in [0.25, 0.3) is 11.0 Å². The fraction of sp³-hybridized carbons (Fsp3) is 0.364. The van der Waals surface area contributed by atoms with E-state index in [1.54, 1.807) is 6.07 Å². The zero-order chi connectivity index (χ0) is 12.5. The number of nitro groups is 1. The average molecular weight is 248 g/mol. The third kappa shape index (κ3) is 1.93. The van der Waals surface area contributed by atoms with Crippen LogP contribution in [0, 0.1) is 10.1 Å². The van der Waals surface area contributed by atoms with E-state index in [-0.39, 0.29) is 11.8 Å². The fourth-order valence-corrected chi connectivity index (χ4v) is 2.02. The molecule has 1 fully saturated rings. The molecule has 1 saturated heterocycles. The highest BCUT2D eigenvalue weighted by Crippen LogP contribution is 2.23. The number of imidazole rings is 1. The molecule has 0 spiro atoms. The van der Waals surface area contributed by atoms with Crippen LogP contribution < -0.4 is 5.32 Å². The number of aromatic amines is 1. The molecule has 3 rings (SSSR count). The maximum atomic E-state index is 10.7. The molecule has 1 aliphatic heterocycles. The maximum absolute atomic E-state index is 10.7. The van der Waals surface area contributed by atoms with Crippen molar-refractivity contribution in [2.45, 2.75) is 6.10 Å². The molecule has 2 aromatic rings. The van der Waals surface area contributed by atoms with Crippen molar-refractivity contribution >= 4 is 16.7 Å². The van der Waals surface area contributed by atoms with Gasteiger partial charge in [0.2, 0.25) is 0 Å². The molecule has 0 saturated carbocycles. The summed E-state index contributed by atoms with van der Waals surface area (Å²) in [6.45, 7) is 2.17. The predicted molar refractivity (Wildman–Crippen MR) is 64.3 cm³/mol. The Bertz CT molecular complexity index is 589. The number of aromatic nitrogens is 2. The van der Waals surface area contributed by atoms with Crippen LogP contribution in [0.1, 0.15) is 11.9 Å². The van der Waals surface area contributed by atoms with E-state index in [0.29, 0.717) is 30.0 Å². The molecular formula is C11H12N4O3. The van der Waals surface area contributed by atoms with Gasteiger partial charge >= 0.3 is 0 Å². The highest BCUT2D eigenvalue weighted by Gasteiger charge is 2.19. The summed E-state index contributed by atoms with van der Waals surface area (Å²) in [5, 5.41) is 13.9. The number of ether oxygens (including phenoxy) is 1. The van der Waals surface area contributed by atoms with Gasteiger partial charge in [0.25, 0.3) is 5.69 Å². The van der Waals surface area contributed by atoms with Gasteiger partial charge in [0.1, 0.15) is 11.9 Å². The molecule has 1 unspecified atom stereocenters. The van der Waals surface area contributed by atoms with Crippen LogP contribution in [0.4, 0.5) is 5.69 Å². The first-order valence-electron chi connectivity index (χ1n) is 5.70. The molecule has 1 aliphatic rings. The number of nitro benzene ring substituents is 1. The lowest BCUT2D eigenvalue weighted by Crippen LogP contribution is -2.33. The number of hydrogen-bond acceptors (Lipinski definition) is 5. The second-order valence-electron chi connectivity index (χ2n) is 4.14. The minimum Gasteiger partial charge on any atom is -0.368 e. The van der Waals surface area contributed by atoms with E-state index in [0.717, 1.165) is 6.54 Å². The Kier molecular flexibility index (Phi) is 2.69. The van der Waals surface area contributed by atoms with Crippen molar-refractivity contribution in [2.75, 3.05) is 19.7 Å². The van der Waals surface area contributed by atoms with Gasteiger partial charge in [0, 0.05) is 25.2 Å². The van der Waals surface area contributed by atoms with Gasteiger partial charge in [0.15, 0.2) is 0 Å². The molecule has 94 valence electrons. The number of benzene rings is 1. The molecule has 7 heteroatoms. The van der Waals surface area contributed by atoms with Crippen LogP contribution in [-0.4, -0.2) is 34.6 Å². The Morgan fingerprint density at radius 3 is 3.11 bits per heavy atom. The van der Waals surface area contributed by atoms with Gasteiger partial charge in [0.05, 0.1) is 22.6 Å². The van der Waals surface area contributed by atoms with Crippen molar-refractivity contribution in [3.63, 3.8) is 0 Å². The van der Waals surface area contributed by atoms with E-state index < -0.39 is 4.92 Å². The normalized spacial score (nSPS) is 20.1. The molecule has 0 bridgehead atoms. The first-order valence-corrected chi connectivity index (χ1v) is 5.70. The largest absolute Gasteiger partial charge is 0.368 e. The lowest BCUT2D eigenvalue weighted by molar-refractivity contribution is -0.384. The minimum absolute atomic E-state index is 0.0559. The average Bonchev–Trinajstić information content (AvgIpc) is 2.82. The zero-order valence-electron chi connectivity index (χ0n) is 9.55. The van der Waals surface area contributed by atoms with Gasteiger partial charge in [-0.1, -0.05) is 0 Å². The van der Waals surface area contributed by atoms with Crippen LogP contribution in [0.15, 0.2) is 18.2 Å². The summed E-state index contributed by atoms with van der Waals surface area (Å²) in [4.78, 5) is 17.7. The van der Waals surface area contributed by atoms with Crippen LogP contribution >= 0.6 is 0 Å². The second kappa shape index (κ2) is 4.35. The second-order valence-corrected chi connectivity index (χ2v) is 4.14. The molecule has 0 aliphatic carbocycles. The summed E-state index contributed by atoms with van der Waals surface area (Å²) in [7, 11) is 0. The van der Waals surface area contributed by atoms with Crippen molar-refractivity contribution in [3.8, 4) is 0 Å². The van der Waals surface area contributed by atoms with Crippen LogP contribution in [0.2, 0.25) is 0 Å². The summed E-state index contributed by atoms with van der Waals surface area (Å²) < 4.78 is 5.58. The van der Waals surface area contributed by atoms with Gasteiger partial charge in [-0.25, -0.2) is 4.98 Å². The molecule has 2 heterocycles. The summed E-state index contributed by atoms with van der Waals surface area (Å²) >= 11 is 0. The maximum Gasteiger partial charge on any atom is 0.271 e. The first-order chi connectivity index (χ1) is 8.74. The van der Waals surface area contributed by atoms with Crippen molar-refractivity contribution in [3.05, 3.63) is 34.1 Å². The number of fused-ring (bicyclic) bond motifs is 1. The molecule has 18 heavy (non-hydrogen) atoms. The molecule has 0 amide bonds. The van der Waals surface area contributed by atoms with Crippen LogP contribution in [-0.2, 0) is 4.74 Å². The zero-order valence-corrected chi connectivity index (χ0v) is 9.55. The Hall–Kier alpha value is -1.99. The van der Waals surface area contributed by atoms with E-state index in [2.05, 4.69) is 15.3 Å². The Morgan fingerprint density at radius 1 is 1.50 bits per heavy atom. The first kappa shape index (κ1) is 11.1. The summed E-state index contributed by atoms with van der Waals surface area (Å²) in [6, 6.07) is 4.58. The highest BCUT2D eigenvalue weighted by molar-refractivity contribution is 5.77. The van der Waals surface area contributed by atoms with Gasteiger partial charge < -0.3 is 15.0 Å². The molecule has 1 aromatic heterocycles. The highest BCUT2D eigenvalue weighted by atomic mass is 16.6. The van der Waals surface area contributed by atoms with Crippen LogP contribution in [0.5, 0.6) is 0 Å².